The van der Waals surface area contributed by atoms with Gasteiger partial charge in [0.15, 0.2) is 0 Å². The van der Waals surface area contributed by atoms with Gasteiger partial charge in [-0.05, 0) is 31.6 Å². The Bertz CT molecular complexity index is 311. The van der Waals surface area contributed by atoms with Gasteiger partial charge in [-0.2, -0.15) is 0 Å². The summed E-state index contributed by atoms with van der Waals surface area (Å²) in [5.41, 5.74) is 0. The molecule has 0 aromatic heterocycles. The van der Waals surface area contributed by atoms with Crippen LogP contribution in [0.15, 0.2) is 0 Å². The van der Waals surface area contributed by atoms with E-state index in [0.717, 1.165) is 44.8 Å². The van der Waals surface area contributed by atoms with Crippen LogP contribution in [-0.4, -0.2) is 27.4 Å². The topological polar surface area (TPSA) is 69.4 Å². The third-order valence-electron chi connectivity index (χ3n) is 3.80. The Balaban J connectivity index is 1.81. The number of sulfonamides is 1. The van der Waals surface area contributed by atoms with Crippen LogP contribution in [0.5, 0.6) is 0 Å². The predicted octanol–water partition coefficient (Wildman–Crippen LogP) is 2.82. The summed E-state index contributed by atoms with van der Waals surface area (Å²) in [5.74, 6) is 0.911. The molecule has 0 aliphatic heterocycles. The van der Waals surface area contributed by atoms with Gasteiger partial charge in [0.1, 0.15) is 0 Å². The van der Waals surface area contributed by atoms with Crippen molar-refractivity contribution in [1.29, 1.82) is 0 Å². The van der Waals surface area contributed by atoms with Crippen molar-refractivity contribution in [3.63, 3.8) is 0 Å². The summed E-state index contributed by atoms with van der Waals surface area (Å²) in [7, 11) is -3.26. The van der Waals surface area contributed by atoms with Gasteiger partial charge in [-0.1, -0.05) is 38.5 Å². The maximum absolute atomic E-state index is 10.7. The Hall–Kier alpha value is -0.130. The first-order valence-corrected chi connectivity index (χ1v) is 9.38. The second-order valence-corrected chi connectivity index (χ2v) is 7.45. The summed E-state index contributed by atoms with van der Waals surface area (Å²) in [6, 6.07) is 0. The molecule has 0 saturated heterocycles. The first-order chi connectivity index (χ1) is 9.08. The molecule has 4 nitrogen and oxygen atoms in total. The first-order valence-electron chi connectivity index (χ1n) is 7.66. The number of hydrogen-bond acceptors (Lipinski definition) is 3. The number of rotatable bonds is 10. The van der Waals surface area contributed by atoms with Gasteiger partial charge in [0.05, 0.1) is 5.75 Å². The highest BCUT2D eigenvalue weighted by atomic mass is 32.2. The minimum absolute atomic E-state index is 0.116. The summed E-state index contributed by atoms with van der Waals surface area (Å²) in [5, 5.41) is 4.94. The van der Waals surface area contributed by atoms with Crippen molar-refractivity contribution in [2.45, 2.75) is 64.2 Å². The average molecular weight is 291 g/mol. The Labute approximate surface area is 118 Å². The van der Waals surface area contributed by atoms with Gasteiger partial charge in [0.2, 0.25) is 10.0 Å². The molecule has 1 saturated carbocycles. The van der Waals surface area contributed by atoms with Gasteiger partial charge in [0.25, 0.3) is 0 Å². The van der Waals surface area contributed by atoms with Crippen molar-refractivity contribution in [3.05, 3.63) is 0 Å². The molecule has 0 aromatic rings. The van der Waals surface area contributed by atoms with Gasteiger partial charge in [-0.3, -0.25) is 0 Å². The molecule has 0 atom stereocenters. The molecule has 0 aromatic carbocycles. The number of unbranched alkanes of at least 4 members (excludes halogenated alkanes) is 4. The van der Waals surface area contributed by atoms with Crippen molar-refractivity contribution in [3.8, 4) is 0 Å². The third kappa shape index (κ3) is 10.3. The Morgan fingerprint density at radius 3 is 2.26 bits per heavy atom. The van der Waals surface area contributed by atoms with Crippen LogP contribution in [0.1, 0.15) is 64.2 Å². The van der Waals surface area contributed by atoms with E-state index in [1.807, 2.05) is 0 Å². The van der Waals surface area contributed by atoms with Crippen molar-refractivity contribution in [1.82, 2.24) is 0 Å². The molecule has 5 heteroatoms. The van der Waals surface area contributed by atoms with Crippen LogP contribution in [0.3, 0.4) is 0 Å². The van der Waals surface area contributed by atoms with Gasteiger partial charge in [0, 0.05) is 13.2 Å². The lowest BCUT2D eigenvalue weighted by atomic mass is 9.90. The summed E-state index contributed by atoms with van der Waals surface area (Å²) < 4.78 is 27.1. The van der Waals surface area contributed by atoms with E-state index >= 15 is 0 Å². The van der Waals surface area contributed by atoms with Crippen LogP contribution in [0.4, 0.5) is 0 Å². The smallest absolute Gasteiger partial charge is 0.209 e. The summed E-state index contributed by atoms with van der Waals surface area (Å²) in [4.78, 5) is 0. The van der Waals surface area contributed by atoms with E-state index in [2.05, 4.69) is 0 Å². The fraction of sp³-hybridized carbons (Fsp3) is 1.00. The minimum atomic E-state index is -3.26. The molecule has 19 heavy (non-hydrogen) atoms. The van der Waals surface area contributed by atoms with Gasteiger partial charge in [-0.15, -0.1) is 0 Å². The zero-order valence-corrected chi connectivity index (χ0v) is 12.8. The number of hydrogen-bond donors (Lipinski definition) is 1. The van der Waals surface area contributed by atoms with Gasteiger partial charge in [-0.25, -0.2) is 13.6 Å². The van der Waals surface area contributed by atoms with Crippen LogP contribution in [-0.2, 0) is 14.8 Å². The average Bonchev–Trinajstić information content (AvgIpc) is 2.37. The molecule has 0 spiro atoms. The van der Waals surface area contributed by atoms with Crippen LogP contribution >= 0.6 is 0 Å². The van der Waals surface area contributed by atoms with Crippen LogP contribution in [0.25, 0.3) is 0 Å². The highest BCUT2D eigenvalue weighted by molar-refractivity contribution is 7.89. The molecule has 2 N–H and O–H groups in total. The van der Waals surface area contributed by atoms with E-state index < -0.39 is 10.0 Å². The molecule has 1 aliphatic rings. The monoisotopic (exact) mass is 291 g/mol. The molecule has 1 rings (SSSR count). The van der Waals surface area contributed by atoms with Crippen molar-refractivity contribution in [2.24, 2.45) is 11.1 Å². The van der Waals surface area contributed by atoms with E-state index in [9.17, 15) is 8.42 Å². The minimum Gasteiger partial charge on any atom is -0.381 e. The summed E-state index contributed by atoms with van der Waals surface area (Å²) >= 11 is 0. The SMILES string of the molecule is NS(=O)(=O)CCCCCCCOCC1CCCCC1. The molecule has 0 amide bonds. The predicted molar refractivity (Wildman–Crippen MR) is 78.5 cm³/mol. The zero-order valence-electron chi connectivity index (χ0n) is 12.0. The highest BCUT2D eigenvalue weighted by Crippen LogP contribution is 2.23. The van der Waals surface area contributed by atoms with E-state index in [0.29, 0.717) is 6.42 Å². The Kier molecular flexibility index (Phi) is 8.66. The van der Waals surface area contributed by atoms with Crippen LogP contribution < -0.4 is 5.14 Å². The molecular weight excluding hydrogens is 262 g/mol. The Morgan fingerprint density at radius 1 is 0.947 bits per heavy atom. The van der Waals surface area contributed by atoms with Crippen molar-refractivity contribution in [2.75, 3.05) is 19.0 Å². The molecule has 0 heterocycles. The van der Waals surface area contributed by atoms with Gasteiger partial charge < -0.3 is 4.74 Å². The maximum Gasteiger partial charge on any atom is 0.209 e. The lowest BCUT2D eigenvalue weighted by Crippen LogP contribution is -2.16. The fourth-order valence-corrected chi connectivity index (χ4v) is 3.25. The largest absolute Gasteiger partial charge is 0.381 e. The lowest BCUT2D eigenvalue weighted by molar-refractivity contribution is 0.0824. The number of nitrogens with two attached hydrogens (primary N) is 1. The van der Waals surface area contributed by atoms with Crippen molar-refractivity contribution < 1.29 is 13.2 Å². The molecule has 0 bridgehead atoms. The number of primary sulfonamides is 1. The molecule has 1 aliphatic carbocycles. The summed E-state index contributed by atoms with van der Waals surface area (Å²) in [6.07, 6.45) is 11.7. The zero-order chi connectivity index (χ0) is 14.0. The molecule has 1 fully saturated rings. The highest BCUT2D eigenvalue weighted by Gasteiger charge is 2.12. The number of ether oxygens (including phenoxy) is 1. The lowest BCUT2D eigenvalue weighted by Gasteiger charge is -2.21. The fourth-order valence-electron chi connectivity index (χ4n) is 2.64. The second-order valence-electron chi connectivity index (χ2n) is 5.71. The van der Waals surface area contributed by atoms with E-state index in [1.54, 1.807) is 0 Å². The molecule has 0 unspecified atom stereocenters. The Morgan fingerprint density at radius 2 is 1.58 bits per heavy atom. The standard InChI is InChI=1S/C14H29NO3S/c15-19(16,17)12-8-3-1-2-7-11-18-13-14-9-5-4-6-10-14/h14H,1-13H2,(H2,15,16,17). The molecule has 114 valence electrons. The van der Waals surface area contributed by atoms with E-state index in [1.165, 1.54) is 32.1 Å². The third-order valence-corrected chi connectivity index (χ3v) is 4.65. The van der Waals surface area contributed by atoms with Gasteiger partial charge >= 0.3 is 0 Å². The van der Waals surface area contributed by atoms with E-state index in [4.69, 9.17) is 9.88 Å². The normalized spacial score (nSPS) is 17.7. The first kappa shape index (κ1) is 16.9. The van der Waals surface area contributed by atoms with Crippen molar-refractivity contribution >= 4 is 10.0 Å². The molecular formula is C14H29NO3S. The van der Waals surface area contributed by atoms with Crippen LogP contribution in [0, 0.1) is 5.92 Å². The van der Waals surface area contributed by atoms with E-state index in [-0.39, 0.29) is 5.75 Å². The second kappa shape index (κ2) is 9.72. The summed E-state index contributed by atoms with van der Waals surface area (Å²) in [6.45, 7) is 1.79. The maximum atomic E-state index is 10.7. The van der Waals surface area contributed by atoms with Crippen LogP contribution in [0.2, 0.25) is 0 Å². The quantitative estimate of drug-likeness (QED) is 0.629. The molecule has 0 radical (unpaired) electrons.